The number of ether oxygens (including phenoxy) is 1. The first-order valence-electron chi connectivity index (χ1n) is 9.98. The zero-order valence-corrected chi connectivity index (χ0v) is 17.8. The number of benzene rings is 1. The van der Waals surface area contributed by atoms with Gasteiger partial charge in [0.25, 0.3) is 5.91 Å². The molecule has 10 heteroatoms. The number of nitrogens with two attached hydrogens (primary N) is 2. The first kappa shape index (κ1) is 23.7. The highest BCUT2D eigenvalue weighted by Gasteiger charge is 2.44. The van der Waals surface area contributed by atoms with Gasteiger partial charge in [0.2, 0.25) is 11.7 Å². The number of nitrogens with one attached hydrogen (secondary N) is 1. The fraction of sp³-hybridized carbons (Fsp3) is 0.429. The minimum absolute atomic E-state index is 0.308. The van der Waals surface area contributed by atoms with Gasteiger partial charge in [-0.25, -0.2) is 9.79 Å². The first-order valence-corrected chi connectivity index (χ1v) is 9.98. The Labute approximate surface area is 180 Å². The van der Waals surface area contributed by atoms with Crippen LogP contribution in [-0.2, 0) is 19.1 Å². The molecule has 0 saturated carbocycles. The molecule has 0 spiro atoms. The smallest absolute Gasteiger partial charge is 0.370 e. The van der Waals surface area contributed by atoms with Gasteiger partial charge in [0.05, 0.1) is 6.04 Å². The molecule has 1 heterocycles. The quantitative estimate of drug-likeness (QED) is 0.344. The predicted octanol–water partition coefficient (Wildman–Crippen LogP) is 0.500. The van der Waals surface area contributed by atoms with Gasteiger partial charge < -0.3 is 31.5 Å². The monoisotopic (exact) mass is 431 g/mol. The van der Waals surface area contributed by atoms with Gasteiger partial charge >= 0.3 is 5.97 Å². The normalized spacial score (nSPS) is 21.1. The van der Waals surface area contributed by atoms with Crippen molar-refractivity contribution in [2.45, 2.75) is 51.4 Å². The summed E-state index contributed by atoms with van der Waals surface area (Å²) in [6.45, 7) is 5.48. The maximum atomic E-state index is 13.6. The molecular formula is C21H29N5O5. The SMILES string of the molecule is CCCN(C(=O)[C@@H]1OC(C(=O)O)=CC(N=C(N)N)[C@H]1NC(C)=O)C(C)c1ccccc1. The molecule has 1 aromatic rings. The lowest BCUT2D eigenvalue weighted by Crippen LogP contribution is -2.59. The van der Waals surface area contributed by atoms with Crippen molar-refractivity contribution in [2.24, 2.45) is 16.5 Å². The number of carboxylic acids is 1. The van der Waals surface area contributed by atoms with Gasteiger partial charge in [-0.1, -0.05) is 37.3 Å². The van der Waals surface area contributed by atoms with Crippen LogP contribution in [0, 0.1) is 0 Å². The molecule has 0 aliphatic carbocycles. The van der Waals surface area contributed by atoms with E-state index in [1.165, 1.54) is 13.0 Å². The average Bonchev–Trinajstić information content (AvgIpc) is 2.72. The van der Waals surface area contributed by atoms with E-state index >= 15 is 0 Å². The molecule has 0 bridgehead atoms. The Morgan fingerprint density at radius 1 is 1.26 bits per heavy atom. The van der Waals surface area contributed by atoms with Gasteiger partial charge in [-0.3, -0.25) is 9.59 Å². The number of carbonyl (C=O) groups is 3. The molecule has 2 amide bonds. The van der Waals surface area contributed by atoms with Gasteiger partial charge in [-0.2, -0.15) is 0 Å². The molecule has 1 aliphatic heterocycles. The van der Waals surface area contributed by atoms with E-state index in [9.17, 15) is 19.5 Å². The van der Waals surface area contributed by atoms with Crippen LogP contribution in [0.5, 0.6) is 0 Å². The Bertz CT molecular complexity index is 866. The van der Waals surface area contributed by atoms with Crippen LogP contribution in [-0.4, -0.2) is 58.5 Å². The van der Waals surface area contributed by atoms with Gasteiger partial charge in [0.15, 0.2) is 12.1 Å². The standard InChI is InChI=1S/C21H29N5O5/c1-4-10-26(12(2)14-8-6-5-7-9-14)19(28)18-17(24-13(3)27)15(25-21(22)23)11-16(31-18)20(29)30/h5-9,11-12,15,17-18H,4,10H2,1-3H3,(H,24,27)(H,29,30)(H4,22,23,25)/t12?,15?,17-,18-/m1/s1. The maximum Gasteiger partial charge on any atom is 0.370 e. The van der Waals surface area contributed by atoms with Crippen molar-refractivity contribution in [3.63, 3.8) is 0 Å². The summed E-state index contributed by atoms with van der Waals surface area (Å²) in [5.74, 6) is -3.04. The summed E-state index contributed by atoms with van der Waals surface area (Å²) in [6.07, 6.45) is 0.516. The zero-order chi connectivity index (χ0) is 23.1. The van der Waals surface area contributed by atoms with E-state index in [0.29, 0.717) is 13.0 Å². The first-order chi connectivity index (χ1) is 14.6. The van der Waals surface area contributed by atoms with Crippen LogP contribution < -0.4 is 16.8 Å². The summed E-state index contributed by atoms with van der Waals surface area (Å²) in [6, 6.07) is 7.14. The molecule has 4 atom stereocenters. The number of carboxylic acid groups (broad SMARTS) is 1. The van der Waals surface area contributed by atoms with Crippen LogP contribution in [0.3, 0.4) is 0 Å². The van der Waals surface area contributed by atoms with E-state index in [2.05, 4.69) is 10.3 Å². The number of nitrogens with zero attached hydrogens (tertiary/aromatic N) is 2. The Morgan fingerprint density at radius 2 is 1.90 bits per heavy atom. The van der Waals surface area contributed by atoms with Crippen LogP contribution in [0.25, 0.3) is 0 Å². The van der Waals surface area contributed by atoms with Gasteiger partial charge in [-0.05, 0) is 25.0 Å². The summed E-state index contributed by atoms with van der Waals surface area (Å²) >= 11 is 0. The number of rotatable bonds is 8. The summed E-state index contributed by atoms with van der Waals surface area (Å²) in [5.41, 5.74) is 11.9. The number of hydrogen-bond donors (Lipinski definition) is 4. The third-order valence-electron chi connectivity index (χ3n) is 4.89. The van der Waals surface area contributed by atoms with Crippen molar-refractivity contribution < 1.29 is 24.2 Å². The lowest BCUT2D eigenvalue weighted by Gasteiger charge is -2.39. The van der Waals surface area contributed by atoms with Crippen molar-refractivity contribution in [1.29, 1.82) is 0 Å². The average molecular weight is 431 g/mol. The Balaban J connectivity index is 2.48. The summed E-state index contributed by atoms with van der Waals surface area (Å²) in [4.78, 5) is 42.7. The Morgan fingerprint density at radius 3 is 2.42 bits per heavy atom. The number of aliphatic imine (C=N–C) groups is 1. The molecule has 0 aromatic heterocycles. The molecule has 1 aliphatic rings. The van der Waals surface area contributed by atoms with Crippen LogP contribution in [0.1, 0.15) is 38.8 Å². The van der Waals surface area contributed by atoms with Gasteiger partial charge in [0, 0.05) is 13.5 Å². The highest BCUT2D eigenvalue weighted by Crippen LogP contribution is 2.27. The number of guanidine groups is 1. The molecule has 31 heavy (non-hydrogen) atoms. The lowest BCUT2D eigenvalue weighted by molar-refractivity contribution is -0.151. The summed E-state index contributed by atoms with van der Waals surface area (Å²) in [5, 5.41) is 12.1. The molecule has 0 radical (unpaired) electrons. The number of aliphatic carboxylic acids is 1. The van der Waals surface area contributed by atoms with Crippen molar-refractivity contribution in [3.05, 3.63) is 47.7 Å². The third kappa shape index (κ3) is 5.97. The Kier molecular flexibility index (Phi) is 8.00. The fourth-order valence-corrected chi connectivity index (χ4v) is 3.51. The second-order valence-corrected chi connectivity index (χ2v) is 7.26. The van der Waals surface area contributed by atoms with E-state index in [1.807, 2.05) is 44.2 Å². The molecule has 10 nitrogen and oxygen atoms in total. The molecule has 0 fully saturated rings. The van der Waals surface area contributed by atoms with Crippen molar-refractivity contribution >= 4 is 23.7 Å². The molecule has 0 saturated heterocycles. The van der Waals surface area contributed by atoms with Crippen LogP contribution in [0.15, 0.2) is 47.2 Å². The third-order valence-corrected chi connectivity index (χ3v) is 4.89. The topological polar surface area (TPSA) is 160 Å². The molecule has 2 rings (SSSR count). The maximum absolute atomic E-state index is 13.6. The lowest BCUT2D eigenvalue weighted by atomic mass is 9.96. The van der Waals surface area contributed by atoms with Crippen LogP contribution in [0.4, 0.5) is 0 Å². The largest absolute Gasteiger partial charge is 0.475 e. The van der Waals surface area contributed by atoms with Crippen LogP contribution >= 0.6 is 0 Å². The highest BCUT2D eigenvalue weighted by atomic mass is 16.5. The molecule has 2 unspecified atom stereocenters. The van der Waals surface area contributed by atoms with E-state index in [0.717, 1.165) is 5.56 Å². The zero-order valence-electron chi connectivity index (χ0n) is 17.8. The van der Waals surface area contributed by atoms with E-state index < -0.39 is 41.7 Å². The second kappa shape index (κ2) is 10.5. The number of amides is 2. The van der Waals surface area contributed by atoms with Gasteiger partial charge in [-0.15, -0.1) is 0 Å². The van der Waals surface area contributed by atoms with Crippen molar-refractivity contribution in [2.75, 3.05) is 6.54 Å². The van der Waals surface area contributed by atoms with Gasteiger partial charge in [0.1, 0.15) is 12.1 Å². The molecular weight excluding hydrogens is 402 g/mol. The highest BCUT2D eigenvalue weighted by molar-refractivity contribution is 5.89. The number of carbonyl (C=O) groups excluding carboxylic acids is 2. The fourth-order valence-electron chi connectivity index (χ4n) is 3.51. The van der Waals surface area contributed by atoms with E-state index in [1.54, 1.807) is 4.90 Å². The van der Waals surface area contributed by atoms with E-state index in [4.69, 9.17) is 16.2 Å². The summed E-state index contributed by atoms with van der Waals surface area (Å²) < 4.78 is 5.55. The molecule has 6 N–H and O–H groups in total. The van der Waals surface area contributed by atoms with Crippen molar-refractivity contribution in [3.8, 4) is 0 Å². The van der Waals surface area contributed by atoms with Crippen molar-refractivity contribution in [1.82, 2.24) is 10.2 Å². The minimum atomic E-state index is -1.37. The van der Waals surface area contributed by atoms with E-state index in [-0.39, 0.29) is 12.0 Å². The molecule has 1 aromatic carbocycles. The minimum Gasteiger partial charge on any atom is -0.475 e. The Hall–Kier alpha value is -3.56. The van der Waals surface area contributed by atoms with Crippen LogP contribution in [0.2, 0.25) is 0 Å². The second-order valence-electron chi connectivity index (χ2n) is 7.26. The molecule has 168 valence electrons. The predicted molar refractivity (Wildman–Crippen MR) is 115 cm³/mol. The number of hydrogen-bond acceptors (Lipinski definition) is 5. The summed E-state index contributed by atoms with van der Waals surface area (Å²) in [7, 11) is 0.